The molecule has 4 heterocycles. The average Bonchev–Trinajstić information content (AvgIpc) is 3.61. The minimum absolute atomic E-state index is 0.0349. The molecule has 1 aromatic carbocycles. The smallest absolute Gasteiger partial charge is 0.339 e. The second-order valence-corrected chi connectivity index (χ2v) is 9.48. The molecule has 0 radical (unpaired) electrons. The molecule has 2 fully saturated rings. The first-order chi connectivity index (χ1) is 17.8. The molecule has 1 spiro atoms. The number of rotatable bonds is 7. The molecule has 1 atom stereocenters. The molecular formula is C26H30N6O5. The van der Waals surface area contributed by atoms with Crippen molar-refractivity contribution in [2.75, 3.05) is 37.6 Å². The zero-order chi connectivity index (χ0) is 26.3. The molecule has 37 heavy (non-hydrogen) atoms. The van der Waals surface area contributed by atoms with Crippen LogP contribution in [-0.4, -0.2) is 75.9 Å². The maximum Gasteiger partial charge on any atom is 0.339 e. The summed E-state index contributed by atoms with van der Waals surface area (Å²) >= 11 is 0. The predicted molar refractivity (Wildman–Crippen MR) is 137 cm³/mol. The molecule has 3 aromatic rings. The van der Waals surface area contributed by atoms with Gasteiger partial charge in [0, 0.05) is 61.3 Å². The van der Waals surface area contributed by atoms with Crippen molar-refractivity contribution >= 4 is 34.5 Å². The van der Waals surface area contributed by atoms with Crippen molar-refractivity contribution in [2.45, 2.75) is 39.2 Å². The minimum Gasteiger partial charge on any atom is -0.422 e. The molecule has 4 amide bonds. The van der Waals surface area contributed by atoms with E-state index in [1.807, 2.05) is 25.1 Å². The summed E-state index contributed by atoms with van der Waals surface area (Å²) in [7, 11) is 0. The van der Waals surface area contributed by atoms with Gasteiger partial charge in [-0.25, -0.2) is 14.6 Å². The third kappa shape index (κ3) is 4.13. The Morgan fingerprint density at radius 1 is 1.22 bits per heavy atom. The molecule has 5 rings (SSSR count). The molecule has 2 saturated heterocycles. The molecule has 2 N–H and O–H groups in total. The molecule has 0 saturated carbocycles. The minimum atomic E-state index is -1.16. The highest BCUT2D eigenvalue weighted by atomic mass is 16.4. The highest BCUT2D eigenvalue weighted by Gasteiger charge is 2.55. The van der Waals surface area contributed by atoms with Gasteiger partial charge in [0.15, 0.2) is 5.82 Å². The van der Waals surface area contributed by atoms with Gasteiger partial charge in [-0.2, -0.15) is 0 Å². The van der Waals surface area contributed by atoms with E-state index < -0.39 is 17.2 Å². The van der Waals surface area contributed by atoms with Gasteiger partial charge in [0.05, 0.1) is 6.54 Å². The molecule has 2 aromatic heterocycles. The third-order valence-electron chi connectivity index (χ3n) is 7.49. The Morgan fingerprint density at radius 2 is 2.00 bits per heavy atom. The summed E-state index contributed by atoms with van der Waals surface area (Å²) in [5.74, 6) is -0.525. The number of carbonyl (C=O) groups excluding carboxylic acids is 3. The quantitative estimate of drug-likeness (QED) is 0.370. The number of nitrogens with zero attached hydrogens (tertiary/aromatic N) is 4. The van der Waals surface area contributed by atoms with Crippen LogP contribution in [0.15, 0.2) is 39.8 Å². The zero-order valence-corrected chi connectivity index (χ0v) is 21.2. The van der Waals surface area contributed by atoms with Crippen LogP contribution in [0, 0.1) is 6.92 Å². The Hall–Kier alpha value is -4.15. The first kappa shape index (κ1) is 24.5. The molecule has 2 aliphatic heterocycles. The fraction of sp³-hybridized carbons (Fsp3) is 0.423. The number of carbonyl (C=O) groups is 3. The van der Waals surface area contributed by atoms with E-state index in [1.165, 1.54) is 11.1 Å². The Bertz CT molecular complexity index is 1430. The summed E-state index contributed by atoms with van der Waals surface area (Å²) in [4.78, 5) is 63.2. The highest BCUT2D eigenvalue weighted by molar-refractivity contribution is 6.08. The Labute approximate surface area is 213 Å². The first-order valence-electron chi connectivity index (χ1n) is 12.5. The van der Waals surface area contributed by atoms with Gasteiger partial charge < -0.3 is 24.5 Å². The van der Waals surface area contributed by atoms with E-state index in [0.717, 1.165) is 34.6 Å². The van der Waals surface area contributed by atoms with Gasteiger partial charge in [-0.15, -0.1) is 0 Å². The van der Waals surface area contributed by atoms with E-state index in [9.17, 15) is 19.2 Å². The fourth-order valence-electron chi connectivity index (χ4n) is 5.35. The molecule has 0 aliphatic carbocycles. The van der Waals surface area contributed by atoms with Gasteiger partial charge in [0.2, 0.25) is 0 Å². The van der Waals surface area contributed by atoms with Crippen LogP contribution in [0.4, 0.5) is 10.5 Å². The van der Waals surface area contributed by atoms with Crippen LogP contribution in [0.5, 0.6) is 0 Å². The van der Waals surface area contributed by atoms with Gasteiger partial charge in [-0.05, 0) is 51.3 Å². The van der Waals surface area contributed by atoms with Crippen molar-refractivity contribution in [1.29, 1.82) is 0 Å². The Morgan fingerprint density at radius 3 is 2.70 bits per heavy atom. The summed E-state index contributed by atoms with van der Waals surface area (Å²) in [6, 6.07) is 5.29. The van der Waals surface area contributed by atoms with Crippen molar-refractivity contribution < 1.29 is 18.8 Å². The summed E-state index contributed by atoms with van der Waals surface area (Å²) in [6.07, 6.45) is 3.52. The lowest BCUT2D eigenvalue weighted by Crippen LogP contribution is -2.50. The summed E-state index contributed by atoms with van der Waals surface area (Å²) in [5.41, 5.74) is 1.06. The number of imide groups is 1. The van der Waals surface area contributed by atoms with Crippen molar-refractivity contribution in [3.63, 3.8) is 0 Å². The molecule has 194 valence electrons. The second kappa shape index (κ2) is 9.38. The number of aromatic nitrogens is 2. The lowest BCUT2D eigenvalue weighted by atomic mass is 9.98. The summed E-state index contributed by atoms with van der Waals surface area (Å²) in [6.45, 7) is 8.09. The SMILES string of the molecule is CCN(CC)c1ccc2c(C)c(CCN3C(=O)NC4(CCN(C(=O)c5ncc[nH]5)C4)C3=O)c(=O)oc2c1. The number of benzene rings is 1. The third-order valence-corrected chi connectivity index (χ3v) is 7.49. The largest absolute Gasteiger partial charge is 0.422 e. The number of imidazole rings is 1. The number of aryl methyl sites for hydroxylation is 1. The lowest BCUT2D eigenvalue weighted by molar-refractivity contribution is -0.130. The number of hydrogen-bond acceptors (Lipinski definition) is 7. The first-order valence-corrected chi connectivity index (χ1v) is 12.5. The predicted octanol–water partition coefficient (Wildman–Crippen LogP) is 2.05. The average molecular weight is 507 g/mol. The van der Waals surface area contributed by atoms with E-state index in [2.05, 4.69) is 34.0 Å². The standard InChI is InChI=1S/C26H30N6O5/c1-4-30(5-2)17-6-7-18-16(3)19(23(34)37-20(18)14-17)8-12-32-24(35)26(29-25(32)36)9-13-31(15-26)22(33)21-27-10-11-28-21/h6-7,10-11,14H,4-5,8-9,12-13,15H2,1-3H3,(H,27,28)(H,29,36). The van der Waals surface area contributed by atoms with E-state index in [0.29, 0.717) is 24.1 Å². The van der Waals surface area contributed by atoms with Gasteiger partial charge in [0.25, 0.3) is 11.8 Å². The van der Waals surface area contributed by atoms with Crippen molar-refractivity contribution in [3.05, 3.63) is 58.0 Å². The van der Waals surface area contributed by atoms with E-state index in [1.54, 1.807) is 6.20 Å². The zero-order valence-electron chi connectivity index (χ0n) is 21.2. The normalized spacial score (nSPS) is 19.3. The summed E-state index contributed by atoms with van der Waals surface area (Å²) in [5, 5.41) is 3.61. The van der Waals surface area contributed by atoms with Gasteiger partial charge in [0.1, 0.15) is 11.1 Å². The Balaban J connectivity index is 1.32. The topological polar surface area (TPSA) is 132 Å². The number of nitrogens with one attached hydrogen (secondary N) is 2. The molecule has 11 nitrogen and oxygen atoms in total. The maximum absolute atomic E-state index is 13.3. The van der Waals surface area contributed by atoms with E-state index in [-0.39, 0.29) is 37.1 Å². The second-order valence-electron chi connectivity index (χ2n) is 9.48. The lowest BCUT2D eigenvalue weighted by Gasteiger charge is -2.22. The van der Waals surface area contributed by atoms with Crippen LogP contribution in [-0.2, 0) is 11.2 Å². The van der Waals surface area contributed by atoms with Gasteiger partial charge in [-0.1, -0.05) is 0 Å². The number of aromatic amines is 1. The number of likely N-dealkylation sites (tertiary alicyclic amines) is 1. The Kier molecular flexibility index (Phi) is 6.22. The van der Waals surface area contributed by atoms with Crippen molar-refractivity contribution in [2.24, 2.45) is 0 Å². The van der Waals surface area contributed by atoms with Crippen LogP contribution < -0.4 is 15.8 Å². The number of anilines is 1. The fourth-order valence-corrected chi connectivity index (χ4v) is 5.35. The molecule has 2 aliphatic rings. The monoisotopic (exact) mass is 506 g/mol. The number of amides is 4. The maximum atomic E-state index is 13.3. The molecule has 1 unspecified atom stereocenters. The van der Waals surface area contributed by atoms with Gasteiger partial charge in [-0.3, -0.25) is 14.5 Å². The number of H-pyrrole nitrogens is 1. The number of fused-ring (bicyclic) bond motifs is 1. The van der Waals surface area contributed by atoms with Crippen molar-refractivity contribution in [1.82, 2.24) is 25.1 Å². The van der Waals surface area contributed by atoms with E-state index in [4.69, 9.17) is 4.42 Å². The van der Waals surface area contributed by atoms with Crippen LogP contribution in [0.3, 0.4) is 0 Å². The molecular weight excluding hydrogens is 476 g/mol. The molecule has 0 bridgehead atoms. The summed E-state index contributed by atoms with van der Waals surface area (Å²) < 4.78 is 5.65. The van der Waals surface area contributed by atoms with Gasteiger partial charge >= 0.3 is 11.7 Å². The van der Waals surface area contributed by atoms with Crippen molar-refractivity contribution in [3.8, 4) is 0 Å². The van der Waals surface area contributed by atoms with Crippen LogP contribution in [0.2, 0.25) is 0 Å². The van der Waals surface area contributed by atoms with Crippen LogP contribution in [0.1, 0.15) is 42.0 Å². The highest BCUT2D eigenvalue weighted by Crippen LogP contribution is 2.30. The van der Waals surface area contributed by atoms with Crippen LogP contribution in [0.25, 0.3) is 11.0 Å². The van der Waals surface area contributed by atoms with E-state index >= 15 is 0 Å². The number of urea groups is 1. The molecule has 11 heteroatoms. The van der Waals surface area contributed by atoms with Crippen LogP contribution >= 0.6 is 0 Å². The number of hydrogen-bond donors (Lipinski definition) is 2.